The van der Waals surface area contributed by atoms with Crippen molar-refractivity contribution in [3.8, 4) is 0 Å². The molecule has 0 aromatic carbocycles. The fourth-order valence-electron chi connectivity index (χ4n) is 8.52. The third-order valence-corrected chi connectivity index (χ3v) is 14.5. The van der Waals surface area contributed by atoms with E-state index in [-0.39, 0.29) is 26.1 Å². The summed E-state index contributed by atoms with van der Waals surface area (Å²) in [7, 11) is 1.13. The molecule has 0 rings (SSSR count). The highest BCUT2D eigenvalue weighted by Gasteiger charge is 2.22. The first-order valence-electron chi connectivity index (χ1n) is 33.2. The van der Waals surface area contributed by atoms with Crippen LogP contribution in [-0.2, 0) is 32.7 Å². The van der Waals surface area contributed by atoms with Gasteiger partial charge in [-0.15, -0.1) is 0 Å². The van der Waals surface area contributed by atoms with Crippen LogP contribution in [0.25, 0.3) is 0 Å². The van der Waals surface area contributed by atoms with Crippen molar-refractivity contribution in [2.45, 2.75) is 251 Å². The average molecular weight is 1180 g/mol. The van der Waals surface area contributed by atoms with Gasteiger partial charge in [-0.05, 0) is 122 Å². The zero-order valence-electron chi connectivity index (χ0n) is 54.0. The molecule has 84 heavy (non-hydrogen) atoms. The maximum atomic E-state index is 12.9. The summed E-state index contributed by atoms with van der Waals surface area (Å²) in [6.07, 6.45) is 94.5. The van der Waals surface area contributed by atoms with Crippen LogP contribution in [0.3, 0.4) is 0 Å². The van der Waals surface area contributed by atoms with Gasteiger partial charge in [0.1, 0.15) is 19.8 Å². The zero-order chi connectivity index (χ0) is 61.2. The third-order valence-electron chi connectivity index (χ3n) is 13.5. The molecule has 2 unspecified atom stereocenters. The smallest absolute Gasteiger partial charge is 0.306 e. The molecule has 0 aromatic rings. The van der Waals surface area contributed by atoms with Gasteiger partial charge in [0.2, 0.25) is 0 Å². The Morgan fingerprint density at radius 1 is 0.369 bits per heavy atom. The summed E-state index contributed by atoms with van der Waals surface area (Å²) in [6.45, 7) is 3.97. The van der Waals surface area contributed by atoms with E-state index in [1.165, 1.54) is 77.0 Å². The number of allylic oxidation sites excluding steroid dienone is 26. The number of likely N-dealkylation sites (N-methyl/N-ethyl adjacent to an activating group) is 1. The number of rotatable bonds is 59. The molecule has 0 aromatic heterocycles. The molecule has 0 saturated carbocycles. The molecule has 0 bridgehead atoms. The predicted octanol–water partition coefficient (Wildman–Crippen LogP) is 21.0. The van der Waals surface area contributed by atoms with E-state index in [0.29, 0.717) is 23.9 Å². The van der Waals surface area contributed by atoms with Crippen molar-refractivity contribution in [2.75, 3.05) is 47.5 Å². The molecule has 10 heteroatoms. The van der Waals surface area contributed by atoms with Gasteiger partial charge < -0.3 is 27.9 Å². The van der Waals surface area contributed by atoms with Crippen molar-refractivity contribution >= 4 is 19.8 Å². The lowest BCUT2D eigenvalue weighted by Crippen LogP contribution is -2.37. The Labute approximate surface area is 516 Å². The Bertz CT molecular complexity index is 1970. The number of phosphoric ester groups is 1. The second-order valence-electron chi connectivity index (χ2n) is 22.7. The van der Waals surface area contributed by atoms with E-state index in [2.05, 4.69) is 172 Å². The van der Waals surface area contributed by atoms with E-state index >= 15 is 0 Å². The number of phosphoric acid groups is 1. The minimum absolute atomic E-state index is 0.0429. The molecule has 9 nitrogen and oxygen atoms in total. The quantitative estimate of drug-likeness (QED) is 0.0195. The highest BCUT2D eigenvalue weighted by Crippen LogP contribution is 2.38. The van der Waals surface area contributed by atoms with Gasteiger partial charge in [0.05, 0.1) is 27.7 Å². The minimum atomic E-state index is -4.66. The molecule has 0 aliphatic rings. The van der Waals surface area contributed by atoms with E-state index in [1.807, 2.05) is 21.1 Å². The van der Waals surface area contributed by atoms with Crippen molar-refractivity contribution in [1.82, 2.24) is 0 Å². The van der Waals surface area contributed by atoms with E-state index in [9.17, 15) is 19.0 Å². The highest BCUT2D eigenvalue weighted by atomic mass is 31.2. The Kier molecular flexibility index (Phi) is 59.9. The molecule has 0 aliphatic carbocycles. The molecule has 476 valence electrons. The summed E-state index contributed by atoms with van der Waals surface area (Å²) >= 11 is 0. The first kappa shape index (κ1) is 79.6. The molecule has 0 fully saturated rings. The largest absolute Gasteiger partial charge is 0.756 e. The molecule has 2 atom stereocenters. The second kappa shape index (κ2) is 63.1. The van der Waals surface area contributed by atoms with Gasteiger partial charge in [-0.3, -0.25) is 14.2 Å². The van der Waals surface area contributed by atoms with Crippen molar-refractivity contribution in [1.29, 1.82) is 0 Å². The van der Waals surface area contributed by atoms with E-state index in [1.54, 1.807) is 0 Å². The molecular weight excluding hydrogens is 1060 g/mol. The molecule has 0 aliphatic heterocycles. The number of carbonyl (C=O) groups excluding carboxylic acids is 2. The van der Waals surface area contributed by atoms with Gasteiger partial charge in [0.15, 0.2) is 6.10 Å². The van der Waals surface area contributed by atoms with Crippen molar-refractivity contribution in [3.05, 3.63) is 158 Å². The molecule has 0 radical (unpaired) electrons. The van der Waals surface area contributed by atoms with Gasteiger partial charge in [-0.1, -0.05) is 268 Å². The van der Waals surface area contributed by atoms with Crippen LogP contribution < -0.4 is 4.89 Å². The third kappa shape index (κ3) is 66.8. The van der Waals surface area contributed by atoms with Crippen LogP contribution in [0.15, 0.2) is 158 Å². The summed E-state index contributed by atoms with van der Waals surface area (Å²) in [6, 6.07) is 0. The van der Waals surface area contributed by atoms with Gasteiger partial charge in [0, 0.05) is 12.8 Å². The van der Waals surface area contributed by atoms with Crippen LogP contribution in [0.4, 0.5) is 0 Å². The number of hydrogen-bond donors (Lipinski definition) is 0. The maximum absolute atomic E-state index is 12.9. The fraction of sp³-hybridized carbons (Fsp3) is 0.622. The first-order valence-corrected chi connectivity index (χ1v) is 34.7. The Balaban J connectivity index is 4.12. The number of quaternary nitrogens is 1. The minimum Gasteiger partial charge on any atom is -0.756 e. The molecule has 0 heterocycles. The van der Waals surface area contributed by atoms with E-state index < -0.39 is 32.5 Å². The van der Waals surface area contributed by atoms with Crippen LogP contribution in [-0.4, -0.2) is 70.0 Å². The molecular formula is C74H122NO8P. The fourth-order valence-corrected chi connectivity index (χ4v) is 9.25. The Hall–Kier alpha value is -4.37. The predicted molar refractivity (Wildman–Crippen MR) is 360 cm³/mol. The zero-order valence-corrected chi connectivity index (χ0v) is 54.9. The van der Waals surface area contributed by atoms with Gasteiger partial charge in [0.25, 0.3) is 7.82 Å². The van der Waals surface area contributed by atoms with Gasteiger partial charge >= 0.3 is 11.9 Å². The topological polar surface area (TPSA) is 111 Å². The van der Waals surface area contributed by atoms with Crippen LogP contribution >= 0.6 is 7.82 Å². The number of carbonyl (C=O) groups is 2. The summed E-state index contributed by atoms with van der Waals surface area (Å²) in [5.74, 6) is -0.870. The summed E-state index contributed by atoms with van der Waals surface area (Å²) in [4.78, 5) is 38.0. The molecule has 0 amide bonds. The van der Waals surface area contributed by atoms with E-state index in [0.717, 1.165) is 128 Å². The lowest BCUT2D eigenvalue weighted by Gasteiger charge is -2.28. The van der Waals surface area contributed by atoms with Crippen LogP contribution in [0.1, 0.15) is 245 Å². The highest BCUT2D eigenvalue weighted by molar-refractivity contribution is 7.45. The number of unbranched alkanes of at least 4 members (excludes halogenated alkanes) is 19. The number of esters is 2. The van der Waals surface area contributed by atoms with Gasteiger partial charge in [-0.2, -0.15) is 0 Å². The molecule has 0 N–H and O–H groups in total. The summed E-state index contributed by atoms with van der Waals surface area (Å²) < 4.78 is 34.2. The monoisotopic (exact) mass is 1180 g/mol. The normalized spacial score (nSPS) is 14.2. The van der Waals surface area contributed by atoms with Crippen molar-refractivity contribution in [2.24, 2.45) is 0 Å². The summed E-state index contributed by atoms with van der Waals surface area (Å²) in [5.41, 5.74) is 0. The van der Waals surface area contributed by atoms with Crippen LogP contribution in [0, 0.1) is 0 Å². The van der Waals surface area contributed by atoms with Crippen LogP contribution in [0.5, 0.6) is 0 Å². The van der Waals surface area contributed by atoms with Crippen molar-refractivity contribution < 1.29 is 42.1 Å². The molecule has 0 saturated heterocycles. The lowest BCUT2D eigenvalue weighted by atomic mass is 10.0. The van der Waals surface area contributed by atoms with E-state index in [4.69, 9.17) is 18.5 Å². The lowest BCUT2D eigenvalue weighted by molar-refractivity contribution is -0.870. The van der Waals surface area contributed by atoms with Crippen LogP contribution in [0.2, 0.25) is 0 Å². The molecule has 0 spiro atoms. The first-order chi connectivity index (χ1) is 41.0. The van der Waals surface area contributed by atoms with Gasteiger partial charge in [-0.25, -0.2) is 0 Å². The standard InChI is InChI=1S/C74H122NO8P/c1-6-8-10-12-14-16-18-20-22-24-26-28-30-31-32-33-34-35-36-37-38-39-40-41-42-43-45-47-49-51-53-55-57-59-61-63-65-67-74(77)83-72(71-82-84(78,79)81-69-68-75(3,4)5)70-80-73(76)66-64-62-60-58-56-54-52-50-48-46-44-29-27-25-23-21-19-17-15-13-11-9-7-2/h8-11,14-17,20-23,26-29,31-32,34-35,37-38,46,48,52,54,72H,6-7,12-13,18-19,24-25,30,33,36,39-45,47,49-51,53,55-71H2,1-5H3/b10-8-,11-9-,16-14-,17-15-,22-20-,23-21-,28-26-,29-27-,32-31-,35-34-,38-37-,48-46-,54-52-. The number of hydrogen-bond acceptors (Lipinski definition) is 8. The number of ether oxygens (including phenoxy) is 2. The Morgan fingerprint density at radius 2 is 0.643 bits per heavy atom. The SMILES string of the molecule is CC/C=C\C/C=C\C/C=C\C/C=C\C/C=C\C/C=C\C/C=C\CCCCCCCCCCCCCCCCCC(=O)OC(COC(=O)CCCCCC/C=C\C/C=C\C/C=C\C/C=C\C/C=C\C/C=C\CC)COP(=O)([O-])OCC[N+](C)(C)C. The van der Waals surface area contributed by atoms with Crippen molar-refractivity contribution in [3.63, 3.8) is 0 Å². The average Bonchev–Trinajstić information content (AvgIpc) is 3.61. The maximum Gasteiger partial charge on any atom is 0.306 e. The second-order valence-corrected chi connectivity index (χ2v) is 24.1. The Morgan fingerprint density at radius 3 is 0.952 bits per heavy atom. The summed E-state index contributed by atoms with van der Waals surface area (Å²) in [5, 5.41) is 0. The number of nitrogens with zero attached hydrogens (tertiary/aromatic N) is 1.